The van der Waals surface area contributed by atoms with Crippen LogP contribution in [0.4, 0.5) is 0 Å². The summed E-state index contributed by atoms with van der Waals surface area (Å²) in [4.78, 5) is 55.7. The van der Waals surface area contributed by atoms with Crippen LogP contribution in [0.3, 0.4) is 0 Å². The summed E-state index contributed by atoms with van der Waals surface area (Å²) >= 11 is 6.43. The van der Waals surface area contributed by atoms with Crippen LogP contribution in [0.15, 0.2) is 24.3 Å². The van der Waals surface area contributed by atoms with E-state index in [1.807, 2.05) is 0 Å². The van der Waals surface area contributed by atoms with Crippen LogP contribution >= 0.6 is 11.6 Å². The third kappa shape index (κ3) is 4.75. The number of amides is 4. The van der Waals surface area contributed by atoms with Crippen LogP contribution in [-0.4, -0.2) is 84.8 Å². The molecule has 31 heavy (non-hydrogen) atoms. The molecule has 0 saturated carbocycles. The number of carbonyl (C=O) groups is 4. The number of likely N-dealkylation sites (tertiary alicyclic amines) is 1. The first kappa shape index (κ1) is 23.2. The van der Waals surface area contributed by atoms with E-state index in [9.17, 15) is 19.2 Å². The molecule has 2 saturated heterocycles. The summed E-state index contributed by atoms with van der Waals surface area (Å²) in [6, 6.07) is 6.89. The lowest BCUT2D eigenvalue weighted by Crippen LogP contribution is -2.52. The second-order valence-corrected chi connectivity index (χ2v) is 8.41. The van der Waals surface area contributed by atoms with Crippen LogP contribution in [0.25, 0.3) is 0 Å². The third-order valence-electron chi connectivity index (χ3n) is 6.06. The lowest BCUT2D eigenvalue weighted by molar-refractivity contribution is -0.144. The minimum absolute atomic E-state index is 0.0251. The van der Waals surface area contributed by atoms with Gasteiger partial charge < -0.3 is 14.5 Å². The Labute approximate surface area is 187 Å². The van der Waals surface area contributed by atoms with Crippen LogP contribution in [0.1, 0.15) is 31.7 Å². The number of nitrogens with zero attached hydrogens (tertiary/aromatic N) is 3. The molecule has 9 heteroatoms. The molecule has 0 radical (unpaired) electrons. The van der Waals surface area contributed by atoms with Crippen molar-refractivity contribution in [2.45, 2.75) is 31.6 Å². The summed E-state index contributed by atoms with van der Waals surface area (Å²) in [5.74, 6) is -0.946. The smallest absolute Gasteiger partial charge is 0.240 e. The fourth-order valence-electron chi connectivity index (χ4n) is 4.33. The van der Waals surface area contributed by atoms with Gasteiger partial charge in [0, 0.05) is 71.2 Å². The Balaban J connectivity index is 1.86. The van der Waals surface area contributed by atoms with Crippen LogP contribution in [0.5, 0.6) is 0 Å². The number of methoxy groups -OCH3 is 1. The molecule has 0 N–H and O–H groups in total. The Kier molecular flexibility index (Phi) is 7.33. The Morgan fingerprint density at radius 1 is 1.10 bits per heavy atom. The number of hydrogen-bond donors (Lipinski definition) is 0. The maximum Gasteiger partial charge on any atom is 0.240 e. The highest BCUT2D eigenvalue weighted by Crippen LogP contribution is 2.43. The second-order valence-electron chi connectivity index (χ2n) is 8.00. The molecule has 3 rings (SSSR count). The molecule has 0 spiro atoms. The SMILES string of the molecule is COCCCN1C(=O)CC(CC(=O)N2CCN(C(C)=O)CC2)(c2ccccc2Cl)C1=O. The predicted molar refractivity (Wildman–Crippen MR) is 114 cm³/mol. The summed E-state index contributed by atoms with van der Waals surface area (Å²) in [5.41, 5.74) is -0.822. The van der Waals surface area contributed by atoms with Crippen LogP contribution in [-0.2, 0) is 29.3 Å². The number of ether oxygens (including phenoxy) is 1. The zero-order valence-corrected chi connectivity index (χ0v) is 18.7. The van der Waals surface area contributed by atoms with Crippen molar-refractivity contribution in [3.63, 3.8) is 0 Å². The average Bonchev–Trinajstić information content (AvgIpc) is 2.99. The average molecular weight is 450 g/mol. The van der Waals surface area contributed by atoms with Gasteiger partial charge in [0.05, 0.1) is 5.41 Å². The molecule has 0 aliphatic carbocycles. The first-order valence-corrected chi connectivity index (χ1v) is 10.8. The highest BCUT2D eigenvalue weighted by molar-refractivity contribution is 6.32. The van der Waals surface area contributed by atoms with Crippen molar-refractivity contribution in [2.75, 3.05) is 46.4 Å². The van der Waals surface area contributed by atoms with Gasteiger partial charge >= 0.3 is 0 Å². The lowest BCUT2D eigenvalue weighted by atomic mass is 9.75. The number of carbonyl (C=O) groups excluding carboxylic acids is 4. The Bertz CT molecular complexity index is 868. The van der Waals surface area contributed by atoms with Gasteiger partial charge in [0.15, 0.2) is 0 Å². The highest BCUT2D eigenvalue weighted by Gasteiger charge is 2.54. The van der Waals surface area contributed by atoms with E-state index in [0.717, 1.165) is 0 Å². The number of rotatable bonds is 7. The third-order valence-corrected chi connectivity index (χ3v) is 6.39. The first-order valence-electron chi connectivity index (χ1n) is 10.4. The summed E-state index contributed by atoms with van der Waals surface area (Å²) < 4.78 is 5.04. The number of imide groups is 1. The van der Waals surface area contributed by atoms with E-state index in [0.29, 0.717) is 49.8 Å². The minimum Gasteiger partial charge on any atom is -0.385 e. The Morgan fingerprint density at radius 2 is 1.74 bits per heavy atom. The van der Waals surface area contributed by atoms with Gasteiger partial charge in [-0.15, -0.1) is 0 Å². The van der Waals surface area contributed by atoms with Gasteiger partial charge in [-0.2, -0.15) is 0 Å². The zero-order chi connectivity index (χ0) is 22.6. The van der Waals surface area contributed by atoms with Crippen LogP contribution in [0, 0.1) is 0 Å². The molecule has 2 aliphatic heterocycles. The predicted octanol–water partition coefficient (Wildman–Crippen LogP) is 1.45. The number of piperazine rings is 1. The van der Waals surface area contributed by atoms with Crippen molar-refractivity contribution >= 4 is 35.2 Å². The Hall–Kier alpha value is -2.45. The van der Waals surface area contributed by atoms with Crippen molar-refractivity contribution in [1.82, 2.24) is 14.7 Å². The number of hydrogen-bond acceptors (Lipinski definition) is 5. The van der Waals surface area contributed by atoms with E-state index in [1.165, 1.54) is 11.8 Å². The number of benzene rings is 1. The molecule has 2 fully saturated rings. The van der Waals surface area contributed by atoms with Crippen LogP contribution < -0.4 is 0 Å². The normalized spacial score (nSPS) is 21.7. The van der Waals surface area contributed by atoms with Gasteiger partial charge in [0.1, 0.15) is 0 Å². The number of halogens is 1. The highest BCUT2D eigenvalue weighted by atomic mass is 35.5. The zero-order valence-electron chi connectivity index (χ0n) is 17.9. The van der Waals surface area contributed by atoms with E-state index >= 15 is 0 Å². The van der Waals surface area contributed by atoms with Gasteiger partial charge in [-0.3, -0.25) is 24.1 Å². The van der Waals surface area contributed by atoms with Crippen molar-refractivity contribution in [3.8, 4) is 0 Å². The summed E-state index contributed by atoms with van der Waals surface area (Å²) in [6.45, 7) is 3.88. The lowest BCUT2D eigenvalue weighted by Gasteiger charge is -2.36. The molecule has 1 unspecified atom stereocenters. The van der Waals surface area contributed by atoms with E-state index < -0.39 is 11.3 Å². The van der Waals surface area contributed by atoms with E-state index in [2.05, 4.69) is 0 Å². The fraction of sp³-hybridized carbons (Fsp3) is 0.545. The van der Waals surface area contributed by atoms with Gasteiger partial charge in [-0.05, 0) is 18.1 Å². The monoisotopic (exact) mass is 449 g/mol. The quantitative estimate of drug-likeness (QED) is 0.464. The molecule has 8 nitrogen and oxygen atoms in total. The molecule has 0 bridgehead atoms. The minimum atomic E-state index is -1.32. The molecule has 1 aromatic rings. The van der Waals surface area contributed by atoms with Crippen molar-refractivity contribution in [1.29, 1.82) is 0 Å². The van der Waals surface area contributed by atoms with Gasteiger partial charge in [-0.1, -0.05) is 29.8 Å². The molecule has 168 valence electrons. The Morgan fingerprint density at radius 3 is 2.35 bits per heavy atom. The van der Waals surface area contributed by atoms with Gasteiger partial charge in [0.2, 0.25) is 23.6 Å². The fourth-order valence-corrected chi connectivity index (χ4v) is 4.64. The van der Waals surface area contributed by atoms with Crippen molar-refractivity contribution in [3.05, 3.63) is 34.9 Å². The molecule has 1 aromatic carbocycles. The van der Waals surface area contributed by atoms with Crippen molar-refractivity contribution < 1.29 is 23.9 Å². The molecule has 0 aromatic heterocycles. The maximum atomic E-state index is 13.5. The summed E-state index contributed by atoms with van der Waals surface area (Å²) in [5, 5.41) is 0.358. The standard InChI is InChI=1S/C22H28ClN3O5/c1-16(27)24-9-11-25(12-10-24)19(28)14-22(17-6-3-4-7-18(17)23)15-20(29)26(21(22)30)8-5-13-31-2/h3-4,6-7H,5,8-15H2,1-2H3. The first-order chi connectivity index (χ1) is 14.8. The topological polar surface area (TPSA) is 87.2 Å². The molecular weight excluding hydrogens is 422 g/mol. The molecule has 1 atom stereocenters. The summed E-state index contributed by atoms with van der Waals surface area (Å²) in [7, 11) is 1.56. The maximum absolute atomic E-state index is 13.5. The molecular formula is C22H28ClN3O5. The van der Waals surface area contributed by atoms with E-state index in [4.69, 9.17) is 16.3 Å². The molecule has 2 heterocycles. The molecule has 4 amide bonds. The van der Waals surface area contributed by atoms with Crippen molar-refractivity contribution in [2.24, 2.45) is 0 Å². The largest absolute Gasteiger partial charge is 0.385 e. The molecule has 2 aliphatic rings. The summed E-state index contributed by atoms with van der Waals surface area (Å²) in [6.07, 6.45) is 0.289. The van der Waals surface area contributed by atoms with Gasteiger partial charge in [0.25, 0.3) is 0 Å². The second kappa shape index (κ2) is 9.78. The van der Waals surface area contributed by atoms with E-state index in [1.54, 1.807) is 41.2 Å². The van der Waals surface area contributed by atoms with Gasteiger partial charge in [-0.25, -0.2) is 0 Å². The van der Waals surface area contributed by atoms with E-state index in [-0.39, 0.29) is 37.1 Å². The van der Waals surface area contributed by atoms with Crippen LogP contribution in [0.2, 0.25) is 5.02 Å².